The van der Waals surface area contributed by atoms with E-state index < -0.39 is 0 Å². The molecule has 1 heterocycles. The second-order valence-electron chi connectivity index (χ2n) is 6.78. The summed E-state index contributed by atoms with van der Waals surface area (Å²) in [6.07, 6.45) is 2.35. The molecular formula is C22H27ClN2O3. The Bertz CT molecular complexity index is 761. The first-order valence-corrected chi connectivity index (χ1v) is 10.2. The molecule has 0 spiro atoms. The molecule has 2 aromatic rings. The van der Waals surface area contributed by atoms with Crippen LogP contribution in [0.5, 0.6) is 11.5 Å². The molecule has 28 heavy (non-hydrogen) atoms. The van der Waals surface area contributed by atoms with Gasteiger partial charge in [-0.2, -0.15) is 0 Å². The predicted molar refractivity (Wildman–Crippen MR) is 111 cm³/mol. The van der Waals surface area contributed by atoms with Crippen molar-refractivity contribution in [1.29, 1.82) is 0 Å². The summed E-state index contributed by atoms with van der Waals surface area (Å²) in [7, 11) is 0. The molecule has 1 atom stereocenters. The van der Waals surface area contributed by atoms with Crippen LogP contribution < -0.4 is 14.8 Å². The Morgan fingerprint density at radius 2 is 1.71 bits per heavy atom. The third-order valence-corrected chi connectivity index (χ3v) is 5.19. The van der Waals surface area contributed by atoms with Gasteiger partial charge in [0.2, 0.25) is 0 Å². The van der Waals surface area contributed by atoms with E-state index in [1.54, 1.807) is 12.1 Å². The smallest absolute Gasteiger partial charge is 0.258 e. The van der Waals surface area contributed by atoms with Gasteiger partial charge in [-0.15, -0.1) is 0 Å². The number of rotatable bonds is 9. The van der Waals surface area contributed by atoms with E-state index in [0.717, 1.165) is 29.4 Å². The Kier molecular flexibility index (Phi) is 7.57. The second kappa shape index (κ2) is 10.3. The number of halogens is 1. The zero-order chi connectivity index (χ0) is 19.8. The van der Waals surface area contributed by atoms with Crippen LogP contribution in [0.4, 0.5) is 0 Å². The first-order valence-electron chi connectivity index (χ1n) is 9.78. The maximum Gasteiger partial charge on any atom is 0.258 e. The topological polar surface area (TPSA) is 50.8 Å². The molecule has 1 aliphatic heterocycles. The number of amides is 1. The third-order valence-electron chi connectivity index (χ3n) is 4.84. The molecule has 6 heteroatoms. The number of carbonyl (C=O) groups excluding carboxylic acids is 1. The summed E-state index contributed by atoms with van der Waals surface area (Å²) in [4.78, 5) is 14.7. The first kappa shape index (κ1) is 20.5. The van der Waals surface area contributed by atoms with E-state index in [-0.39, 0.29) is 18.6 Å². The van der Waals surface area contributed by atoms with Crippen LogP contribution >= 0.6 is 11.6 Å². The standard InChI is InChI=1S/C22H27ClN2O3/c1-2-27-17-9-11-18(12-10-17)28-16-22(26)24-15-21(25-13-5-6-14-25)19-7-3-4-8-20(19)23/h3-4,7-12,21H,2,5-6,13-16H2,1H3,(H,24,26). The van der Waals surface area contributed by atoms with Gasteiger partial charge in [-0.05, 0) is 68.8 Å². The lowest BCUT2D eigenvalue weighted by Gasteiger charge is -2.29. The molecule has 5 nitrogen and oxygen atoms in total. The lowest BCUT2D eigenvalue weighted by Crippen LogP contribution is -2.38. The van der Waals surface area contributed by atoms with Crippen molar-refractivity contribution >= 4 is 17.5 Å². The van der Waals surface area contributed by atoms with E-state index in [9.17, 15) is 4.79 Å². The van der Waals surface area contributed by atoms with Crippen molar-refractivity contribution in [2.75, 3.05) is 32.8 Å². The highest BCUT2D eigenvalue weighted by Gasteiger charge is 2.25. The number of hydrogen-bond donors (Lipinski definition) is 1. The molecule has 0 radical (unpaired) electrons. The highest BCUT2D eigenvalue weighted by Crippen LogP contribution is 2.29. The van der Waals surface area contributed by atoms with Crippen LogP contribution in [0.3, 0.4) is 0 Å². The van der Waals surface area contributed by atoms with Gasteiger partial charge in [0, 0.05) is 11.6 Å². The molecule has 1 unspecified atom stereocenters. The summed E-state index contributed by atoms with van der Waals surface area (Å²) in [6, 6.07) is 15.2. The van der Waals surface area contributed by atoms with Crippen LogP contribution in [-0.4, -0.2) is 43.7 Å². The second-order valence-corrected chi connectivity index (χ2v) is 7.18. The van der Waals surface area contributed by atoms with Crippen molar-refractivity contribution in [3.63, 3.8) is 0 Å². The highest BCUT2D eigenvalue weighted by molar-refractivity contribution is 6.31. The van der Waals surface area contributed by atoms with Crippen LogP contribution in [0.15, 0.2) is 48.5 Å². The van der Waals surface area contributed by atoms with E-state index >= 15 is 0 Å². The predicted octanol–water partition coefficient (Wildman–Crippen LogP) is 4.07. The Labute approximate surface area is 171 Å². The van der Waals surface area contributed by atoms with Gasteiger partial charge < -0.3 is 14.8 Å². The third kappa shape index (κ3) is 5.63. The van der Waals surface area contributed by atoms with E-state index in [4.69, 9.17) is 21.1 Å². The van der Waals surface area contributed by atoms with Crippen molar-refractivity contribution < 1.29 is 14.3 Å². The van der Waals surface area contributed by atoms with Crippen LogP contribution in [-0.2, 0) is 4.79 Å². The van der Waals surface area contributed by atoms with Crippen LogP contribution in [0, 0.1) is 0 Å². The molecule has 0 aliphatic carbocycles. The molecule has 0 aromatic heterocycles. The molecule has 2 aromatic carbocycles. The molecule has 1 saturated heterocycles. The number of carbonyl (C=O) groups is 1. The lowest BCUT2D eigenvalue weighted by atomic mass is 10.1. The first-order chi connectivity index (χ1) is 13.7. The van der Waals surface area contributed by atoms with E-state index in [0.29, 0.717) is 18.9 Å². The van der Waals surface area contributed by atoms with Gasteiger partial charge in [-0.25, -0.2) is 0 Å². The molecule has 1 fully saturated rings. The maximum atomic E-state index is 12.3. The van der Waals surface area contributed by atoms with Gasteiger partial charge in [0.05, 0.1) is 12.6 Å². The van der Waals surface area contributed by atoms with Gasteiger partial charge in [-0.3, -0.25) is 9.69 Å². The summed E-state index contributed by atoms with van der Waals surface area (Å²) >= 11 is 6.41. The zero-order valence-corrected chi connectivity index (χ0v) is 17.0. The summed E-state index contributed by atoms with van der Waals surface area (Å²) < 4.78 is 11.0. The van der Waals surface area contributed by atoms with Crippen molar-refractivity contribution in [2.24, 2.45) is 0 Å². The van der Waals surface area contributed by atoms with Crippen molar-refractivity contribution in [1.82, 2.24) is 10.2 Å². The van der Waals surface area contributed by atoms with Crippen molar-refractivity contribution in [2.45, 2.75) is 25.8 Å². The molecule has 0 bridgehead atoms. The van der Waals surface area contributed by atoms with E-state index in [1.165, 1.54) is 12.8 Å². The minimum atomic E-state index is -0.148. The Hall–Kier alpha value is -2.24. The Morgan fingerprint density at radius 1 is 1.07 bits per heavy atom. The minimum absolute atomic E-state index is 0.0246. The normalized spacial score (nSPS) is 15.2. The number of nitrogens with zero attached hydrogens (tertiary/aromatic N) is 1. The largest absolute Gasteiger partial charge is 0.494 e. The lowest BCUT2D eigenvalue weighted by molar-refractivity contribution is -0.123. The average molecular weight is 403 g/mol. The fourth-order valence-corrected chi connectivity index (χ4v) is 3.71. The minimum Gasteiger partial charge on any atom is -0.494 e. The number of ether oxygens (including phenoxy) is 2. The van der Waals surface area contributed by atoms with Crippen LogP contribution in [0.2, 0.25) is 5.02 Å². The Morgan fingerprint density at radius 3 is 2.36 bits per heavy atom. The maximum absolute atomic E-state index is 12.3. The number of hydrogen-bond acceptors (Lipinski definition) is 4. The fourth-order valence-electron chi connectivity index (χ4n) is 3.44. The number of nitrogens with one attached hydrogen (secondary N) is 1. The van der Waals surface area contributed by atoms with Gasteiger partial charge in [0.25, 0.3) is 5.91 Å². The zero-order valence-electron chi connectivity index (χ0n) is 16.2. The molecular weight excluding hydrogens is 376 g/mol. The molecule has 1 N–H and O–H groups in total. The van der Waals surface area contributed by atoms with Gasteiger partial charge in [-0.1, -0.05) is 29.8 Å². The van der Waals surface area contributed by atoms with Crippen molar-refractivity contribution in [3.8, 4) is 11.5 Å². The highest BCUT2D eigenvalue weighted by atomic mass is 35.5. The number of likely N-dealkylation sites (tertiary alicyclic amines) is 1. The monoisotopic (exact) mass is 402 g/mol. The van der Waals surface area contributed by atoms with Crippen LogP contribution in [0.25, 0.3) is 0 Å². The summed E-state index contributed by atoms with van der Waals surface area (Å²) in [6.45, 7) is 5.08. The van der Waals surface area contributed by atoms with Gasteiger partial charge in [0.15, 0.2) is 6.61 Å². The van der Waals surface area contributed by atoms with Crippen molar-refractivity contribution in [3.05, 3.63) is 59.1 Å². The Balaban J connectivity index is 1.54. The molecule has 150 valence electrons. The van der Waals surface area contributed by atoms with E-state index in [1.807, 2.05) is 43.3 Å². The summed E-state index contributed by atoms with van der Waals surface area (Å²) in [5.74, 6) is 1.28. The van der Waals surface area contributed by atoms with Crippen LogP contribution in [0.1, 0.15) is 31.4 Å². The number of benzene rings is 2. The molecule has 3 rings (SSSR count). The summed E-state index contributed by atoms with van der Waals surface area (Å²) in [5, 5.41) is 3.73. The fraction of sp³-hybridized carbons (Fsp3) is 0.409. The summed E-state index contributed by atoms with van der Waals surface area (Å²) in [5.41, 5.74) is 1.05. The van der Waals surface area contributed by atoms with Gasteiger partial charge in [0.1, 0.15) is 11.5 Å². The SMILES string of the molecule is CCOc1ccc(OCC(=O)NCC(c2ccccc2Cl)N2CCCC2)cc1. The molecule has 1 aliphatic rings. The molecule has 1 amide bonds. The van der Waals surface area contributed by atoms with E-state index in [2.05, 4.69) is 10.2 Å². The van der Waals surface area contributed by atoms with Gasteiger partial charge >= 0.3 is 0 Å². The molecule has 0 saturated carbocycles. The quantitative estimate of drug-likeness (QED) is 0.686. The average Bonchev–Trinajstić information content (AvgIpc) is 3.24.